The number of pyridine rings is 1. The van der Waals surface area contributed by atoms with Crippen molar-refractivity contribution in [2.75, 3.05) is 0 Å². The van der Waals surface area contributed by atoms with E-state index < -0.39 is 11.7 Å². The van der Waals surface area contributed by atoms with Gasteiger partial charge in [-0.25, -0.2) is 0 Å². The fraction of sp³-hybridized carbons (Fsp3) is 0.143. The van der Waals surface area contributed by atoms with E-state index in [0.717, 1.165) is 6.20 Å². The van der Waals surface area contributed by atoms with E-state index in [1.54, 1.807) is 0 Å². The fourth-order valence-corrected chi connectivity index (χ4v) is 1.45. The van der Waals surface area contributed by atoms with Crippen molar-refractivity contribution in [3.8, 4) is 0 Å². The molecular formula is C7H3F3INO. The summed E-state index contributed by atoms with van der Waals surface area (Å²) < 4.78 is 36.5. The molecule has 0 radical (unpaired) electrons. The largest absolute Gasteiger partial charge is 0.418 e. The third kappa shape index (κ3) is 2.17. The highest BCUT2D eigenvalue weighted by atomic mass is 127. The first kappa shape index (κ1) is 10.4. The van der Waals surface area contributed by atoms with Crippen molar-refractivity contribution in [1.82, 2.24) is 4.98 Å². The average molecular weight is 301 g/mol. The number of halogens is 4. The van der Waals surface area contributed by atoms with E-state index in [-0.39, 0.29) is 9.13 Å². The van der Waals surface area contributed by atoms with Crippen LogP contribution in [0.1, 0.15) is 15.9 Å². The van der Waals surface area contributed by atoms with Gasteiger partial charge in [-0.2, -0.15) is 13.2 Å². The smallest absolute Gasteiger partial charge is 0.298 e. The Bertz CT molecular complexity index is 337. The highest BCUT2D eigenvalue weighted by Gasteiger charge is 2.34. The lowest BCUT2D eigenvalue weighted by atomic mass is 10.2. The maximum atomic E-state index is 12.2. The van der Waals surface area contributed by atoms with Gasteiger partial charge in [0.2, 0.25) is 0 Å². The molecule has 1 heterocycles. The monoisotopic (exact) mass is 301 g/mol. The maximum absolute atomic E-state index is 12.2. The number of aldehydes is 1. The van der Waals surface area contributed by atoms with E-state index in [2.05, 4.69) is 4.98 Å². The molecule has 0 N–H and O–H groups in total. The number of aromatic nitrogens is 1. The van der Waals surface area contributed by atoms with E-state index in [4.69, 9.17) is 0 Å². The number of nitrogens with zero attached hydrogens (tertiary/aromatic N) is 1. The highest BCUT2D eigenvalue weighted by Crippen LogP contribution is 2.32. The minimum Gasteiger partial charge on any atom is -0.298 e. The summed E-state index contributed by atoms with van der Waals surface area (Å²) in [6.45, 7) is 0. The second-order valence-corrected chi connectivity index (χ2v) is 3.28. The van der Waals surface area contributed by atoms with Crippen LogP contribution in [0.2, 0.25) is 0 Å². The molecule has 0 aliphatic carbocycles. The first-order valence-corrected chi connectivity index (χ1v) is 4.20. The van der Waals surface area contributed by atoms with Crippen LogP contribution in [0.25, 0.3) is 0 Å². The molecule has 0 atom stereocenters. The number of carbonyl (C=O) groups is 1. The molecule has 70 valence electrons. The van der Waals surface area contributed by atoms with Crippen molar-refractivity contribution >= 4 is 28.9 Å². The first-order valence-electron chi connectivity index (χ1n) is 3.12. The third-order valence-electron chi connectivity index (χ3n) is 1.34. The topological polar surface area (TPSA) is 30.0 Å². The van der Waals surface area contributed by atoms with Gasteiger partial charge in [0.05, 0.1) is 5.56 Å². The molecule has 0 unspecified atom stereocenters. The highest BCUT2D eigenvalue weighted by molar-refractivity contribution is 14.1. The lowest BCUT2D eigenvalue weighted by Gasteiger charge is -2.08. The Morgan fingerprint density at radius 3 is 2.46 bits per heavy atom. The van der Waals surface area contributed by atoms with Crippen molar-refractivity contribution < 1.29 is 18.0 Å². The Morgan fingerprint density at radius 1 is 1.38 bits per heavy atom. The van der Waals surface area contributed by atoms with Crippen molar-refractivity contribution in [3.05, 3.63) is 27.1 Å². The molecule has 0 fully saturated rings. The number of rotatable bonds is 1. The Balaban J connectivity index is 3.32. The van der Waals surface area contributed by atoms with Gasteiger partial charge in [0, 0.05) is 21.5 Å². The summed E-state index contributed by atoms with van der Waals surface area (Å²) in [6.07, 6.45) is -2.30. The zero-order chi connectivity index (χ0) is 10.1. The molecule has 0 spiro atoms. The van der Waals surface area contributed by atoms with Gasteiger partial charge in [0.15, 0.2) is 6.29 Å². The van der Waals surface area contributed by atoms with E-state index >= 15 is 0 Å². The van der Waals surface area contributed by atoms with Gasteiger partial charge < -0.3 is 0 Å². The fourth-order valence-electron chi connectivity index (χ4n) is 0.741. The number of hydrogen-bond donors (Lipinski definition) is 0. The average Bonchev–Trinajstić information content (AvgIpc) is 2.02. The molecular weight excluding hydrogens is 298 g/mol. The normalized spacial score (nSPS) is 11.4. The standard InChI is InChI=1S/C7H3F3INO/c8-7(9,10)5-2-12-1-4(3-13)6(5)11/h1-3H. The lowest BCUT2D eigenvalue weighted by Crippen LogP contribution is -2.09. The van der Waals surface area contributed by atoms with E-state index in [1.807, 2.05) is 0 Å². The van der Waals surface area contributed by atoms with Crippen LogP contribution in [0.3, 0.4) is 0 Å². The van der Waals surface area contributed by atoms with E-state index in [0.29, 0.717) is 12.5 Å². The molecule has 2 nitrogen and oxygen atoms in total. The number of hydrogen-bond acceptors (Lipinski definition) is 2. The van der Waals surface area contributed by atoms with Gasteiger partial charge in [-0.3, -0.25) is 9.78 Å². The van der Waals surface area contributed by atoms with Crippen LogP contribution in [-0.4, -0.2) is 11.3 Å². The molecule has 1 aromatic rings. The molecule has 0 saturated carbocycles. The quantitative estimate of drug-likeness (QED) is 0.589. The Kier molecular flexibility index (Phi) is 2.89. The van der Waals surface area contributed by atoms with Crippen molar-refractivity contribution in [2.24, 2.45) is 0 Å². The van der Waals surface area contributed by atoms with Crippen molar-refractivity contribution in [3.63, 3.8) is 0 Å². The van der Waals surface area contributed by atoms with Crippen molar-refractivity contribution in [2.45, 2.75) is 6.18 Å². The first-order chi connectivity index (χ1) is 5.96. The summed E-state index contributed by atoms with van der Waals surface area (Å²) in [5.41, 5.74) is -0.923. The summed E-state index contributed by atoms with van der Waals surface area (Å²) in [4.78, 5) is 13.6. The molecule has 6 heteroatoms. The van der Waals surface area contributed by atoms with Crippen LogP contribution >= 0.6 is 22.6 Å². The summed E-state index contributed by atoms with van der Waals surface area (Å²) in [7, 11) is 0. The van der Waals surface area contributed by atoms with Gasteiger partial charge in [0.25, 0.3) is 0 Å². The van der Waals surface area contributed by atoms with Gasteiger partial charge in [0.1, 0.15) is 0 Å². The Hall–Kier alpha value is -0.660. The summed E-state index contributed by atoms with van der Waals surface area (Å²) in [5.74, 6) is 0. The van der Waals surface area contributed by atoms with Crippen LogP contribution in [0.4, 0.5) is 13.2 Å². The summed E-state index contributed by atoms with van der Waals surface area (Å²) in [6, 6.07) is 0. The molecule has 1 aromatic heterocycles. The zero-order valence-corrected chi connectivity index (χ0v) is 8.26. The van der Waals surface area contributed by atoms with Crippen LogP contribution in [-0.2, 0) is 6.18 Å². The maximum Gasteiger partial charge on any atom is 0.418 e. The second kappa shape index (κ2) is 3.60. The lowest BCUT2D eigenvalue weighted by molar-refractivity contribution is -0.138. The van der Waals surface area contributed by atoms with Crippen LogP contribution in [0.5, 0.6) is 0 Å². The third-order valence-corrected chi connectivity index (χ3v) is 2.54. The second-order valence-electron chi connectivity index (χ2n) is 2.21. The number of alkyl halides is 3. The van der Waals surface area contributed by atoms with Gasteiger partial charge in [-0.05, 0) is 22.6 Å². The predicted octanol–water partition coefficient (Wildman–Crippen LogP) is 2.52. The van der Waals surface area contributed by atoms with Gasteiger partial charge in [-0.15, -0.1) is 0 Å². The molecule has 0 amide bonds. The molecule has 1 rings (SSSR count). The molecule has 0 bridgehead atoms. The van der Waals surface area contributed by atoms with E-state index in [9.17, 15) is 18.0 Å². The van der Waals surface area contributed by atoms with Gasteiger partial charge >= 0.3 is 6.18 Å². The molecule has 0 aromatic carbocycles. The van der Waals surface area contributed by atoms with Crippen LogP contribution in [0, 0.1) is 3.57 Å². The molecule has 0 aliphatic rings. The Morgan fingerprint density at radius 2 is 2.00 bits per heavy atom. The zero-order valence-electron chi connectivity index (χ0n) is 6.10. The molecule has 0 saturated heterocycles. The van der Waals surface area contributed by atoms with Crippen LogP contribution < -0.4 is 0 Å². The minimum atomic E-state index is -4.46. The van der Waals surface area contributed by atoms with Crippen LogP contribution in [0.15, 0.2) is 12.4 Å². The summed E-state index contributed by atoms with van der Waals surface area (Å²) in [5, 5.41) is 0. The predicted molar refractivity (Wildman–Crippen MR) is 47.3 cm³/mol. The van der Waals surface area contributed by atoms with Gasteiger partial charge in [-0.1, -0.05) is 0 Å². The summed E-state index contributed by atoms with van der Waals surface area (Å²) >= 11 is 1.47. The molecule has 13 heavy (non-hydrogen) atoms. The molecule has 0 aliphatic heterocycles. The van der Waals surface area contributed by atoms with E-state index in [1.165, 1.54) is 22.6 Å². The minimum absolute atomic E-state index is 0.0459. The SMILES string of the molecule is O=Cc1cncc(C(F)(F)F)c1I. The van der Waals surface area contributed by atoms with Crippen molar-refractivity contribution in [1.29, 1.82) is 0 Å². The number of carbonyl (C=O) groups excluding carboxylic acids is 1. The Labute approximate surface area is 85.3 Å².